The zero-order valence-corrected chi connectivity index (χ0v) is 15.2. The van der Waals surface area contributed by atoms with Gasteiger partial charge in [0.15, 0.2) is 0 Å². The normalized spacial score (nSPS) is 19.1. The lowest BCUT2D eigenvalue weighted by molar-refractivity contribution is -0.123. The van der Waals surface area contributed by atoms with E-state index < -0.39 is 23.8 Å². The first-order valence-corrected chi connectivity index (χ1v) is 8.70. The molecular weight excluding hydrogens is 349 g/mol. The molecule has 0 bridgehead atoms. The fourth-order valence-corrected chi connectivity index (χ4v) is 3.17. The van der Waals surface area contributed by atoms with Gasteiger partial charge in [-0.3, -0.25) is 4.79 Å². The predicted molar refractivity (Wildman–Crippen MR) is 107 cm³/mol. The Bertz CT molecular complexity index is 853. The molecule has 0 aliphatic carbocycles. The van der Waals surface area contributed by atoms with E-state index in [-0.39, 0.29) is 23.2 Å². The molecule has 0 saturated carbocycles. The number of carbonyl (C=O) groups excluding carboxylic acids is 2. The van der Waals surface area contributed by atoms with E-state index in [0.29, 0.717) is 17.0 Å². The number of hydrogen-bond acceptors (Lipinski definition) is 3. The summed E-state index contributed by atoms with van der Waals surface area (Å²) in [7, 11) is 1.46. The van der Waals surface area contributed by atoms with Gasteiger partial charge in [0.05, 0.1) is 13.2 Å². The fraction of sp³-hybridized carbons (Fsp3) is 0.300. The highest BCUT2D eigenvalue weighted by molar-refractivity contribution is 5.90. The van der Waals surface area contributed by atoms with Crippen LogP contribution >= 0.6 is 0 Å². The number of ether oxygens (including phenoxy) is 1. The van der Waals surface area contributed by atoms with Gasteiger partial charge < -0.3 is 20.7 Å². The van der Waals surface area contributed by atoms with Crippen molar-refractivity contribution in [2.24, 2.45) is 0 Å². The van der Waals surface area contributed by atoms with Gasteiger partial charge in [0.1, 0.15) is 11.6 Å². The number of amides is 3. The summed E-state index contributed by atoms with van der Waals surface area (Å²) in [6, 6.07) is 11.1. The summed E-state index contributed by atoms with van der Waals surface area (Å²) >= 11 is 0. The molecule has 1 unspecified atom stereocenters. The van der Waals surface area contributed by atoms with Gasteiger partial charge >= 0.3 is 6.03 Å². The molecule has 2 atom stereocenters. The Kier molecular flexibility index (Phi) is 5.59. The minimum Gasteiger partial charge on any atom is -0.497 e. The highest BCUT2D eigenvalue weighted by Crippen LogP contribution is 2.30. The Morgan fingerprint density at radius 3 is 2.67 bits per heavy atom. The third-order valence-corrected chi connectivity index (χ3v) is 4.64. The summed E-state index contributed by atoms with van der Waals surface area (Å²) in [4.78, 5) is 24.2. The average Bonchev–Trinajstić information content (AvgIpc) is 2.65. The second kappa shape index (κ2) is 8.07. The third-order valence-electron chi connectivity index (χ3n) is 4.64. The molecule has 0 radical (unpaired) electrons. The number of benzene rings is 2. The highest BCUT2D eigenvalue weighted by Gasteiger charge is 2.33. The second-order valence-corrected chi connectivity index (χ2v) is 6.57. The van der Waals surface area contributed by atoms with E-state index in [9.17, 15) is 14.0 Å². The van der Waals surface area contributed by atoms with Crippen LogP contribution in [0.5, 0.6) is 5.75 Å². The molecular formula is C20H28FN3O3. The van der Waals surface area contributed by atoms with E-state index in [1.54, 1.807) is 24.3 Å². The number of piperidine rings is 1. The standard InChI is InChI=1S/C20H22FN3O3.3H2/c1-12-3-5-13(6-4-12)23-20(26)24-18-11-22-19(25)10-16(18)15-8-7-14(27-2)9-17(15)21;;;/h3-9,16,18H,10-11H2,1-2H3,(H,22,25)(H2,23,24,26);3*1H/t16?,18-;;;/m1.../s1. The topological polar surface area (TPSA) is 79.5 Å². The predicted octanol–water partition coefficient (Wildman–Crippen LogP) is 3.67. The van der Waals surface area contributed by atoms with Crippen molar-refractivity contribution >= 4 is 17.6 Å². The van der Waals surface area contributed by atoms with Crippen LogP contribution in [0.1, 0.15) is 27.7 Å². The average molecular weight is 377 g/mol. The molecule has 1 aliphatic rings. The molecule has 3 amide bonds. The minimum atomic E-state index is -0.464. The third kappa shape index (κ3) is 4.55. The van der Waals surface area contributed by atoms with Crippen molar-refractivity contribution in [2.45, 2.75) is 25.3 Å². The molecule has 27 heavy (non-hydrogen) atoms. The summed E-state index contributed by atoms with van der Waals surface area (Å²) in [5, 5.41) is 8.32. The Balaban J connectivity index is 0.00000280. The number of halogens is 1. The van der Waals surface area contributed by atoms with Crippen LogP contribution in [0.3, 0.4) is 0 Å². The molecule has 6 nitrogen and oxygen atoms in total. The number of rotatable bonds is 4. The summed E-state index contributed by atoms with van der Waals surface area (Å²) in [5.74, 6) is -0.696. The van der Waals surface area contributed by atoms with E-state index in [2.05, 4.69) is 16.0 Å². The first-order chi connectivity index (χ1) is 13.0. The van der Waals surface area contributed by atoms with Crippen molar-refractivity contribution in [1.82, 2.24) is 10.6 Å². The van der Waals surface area contributed by atoms with Crippen molar-refractivity contribution in [3.8, 4) is 5.75 Å². The summed E-state index contributed by atoms with van der Waals surface area (Å²) in [6.45, 7) is 2.19. The lowest BCUT2D eigenvalue weighted by atomic mass is 9.85. The molecule has 3 rings (SSSR count). The number of urea groups is 1. The van der Waals surface area contributed by atoms with Crippen molar-refractivity contribution in [1.29, 1.82) is 0 Å². The molecule has 148 valence electrons. The van der Waals surface area contributed by atoms with Gasteiger partial charge in [-0.1, -0.05) is 23.8 Å². The maximum atomic E-state index is 14.5. The number of hydrogen-bond donors (Lipinski definition) is 3. The van der Waals surface area contributed by atoms with Gasteiger partial charge in [0.25, 0.3) is 0 Å². The first kappa shape index (κ1) is 18.7. The number of nitrogens with one attached hydrogen (secondary N) is 3. The summed E-state index contributed by atoms with van der Waals surface area (Å²) in [5.41, 5.74) is 2.13. The molecule has 1 aliphatic heterocycles. The minimum absolute atomic E-state index is 0. The number of carbonyl (C=O) groups is 2. The summed E-state index contributed by atoms with van der Waals surface area (Å²) in [6.07, 6.45) is 0.0960. The van der Waals surface area contributed by atoms with Crippen molar-refractivity contribution < 1.29 is 23.0 Å². The lowest BCUT2D eigenvalue weighted by Gasteiger charge is -2.32. The Morgan fingerprint density at radius 2 is 2.00 bits per heavy atom. The van der Waals surface area contributed by atoms with Gasteiger partial charge in [-0.2, -0.15) is 0 Å². The Labute approximate surface area is 161 Å². The molecule has 1 heterocycles. The summed E-state index contributed by atoms with van der Waals surface area (Å²) < 4.78 is 19.5. The van der Waals surface area contributed by atoms with Crippen LogP contribution in [-0.2, 0) is 4.79 Å². The zero-order valence-electron chi connectivity index (χ0n) is 15.2. The number of anilines is 1. The van der Waals surface area contributed by atoms with Gasteiger partial charge in [0.2, 0.25) is 5.91 Å². The maximum absolute atomic E-state index is 14.5. The highest BCUT2D eigenvalue weighted by atomic mass is 19.1. The molecule has 0 spiro atoms. The van der Waals surface area contributed by atoms with Crippen LogP contribution in [0, 0.1) is 12.7 Å². The quantitative estimate of drug-likeness (QED) is 0.760. The monoisotopic (exact) mass is 377 g/mol. The van der Waals surface area contributed by atoms with Gasteiger partial charge in [0, 0.05) is 34.9 Å². The molecule has 2 aromatic carbocycles. The maximum Gasteiger partial charge on any atom is 0.319 e. The molecule has 7 heteroatoms. The van der Waals surface area contributed by atoms with Gasteiger partial charge in [-0.05, 0) is 30.7 Å². The SMILES string of the molecule is COc1ccc(C2CC(=O)NC[C@H]2NC(=O)Nc2ccc(C)cc2)c(F)c1.[HH].[HH].[HH]. The van der Waals surface area contributed by atoms with E-state index in [1.807, 2.05) is 19.1 Å². The van der Waals surface area contributed by atoms with Crippen molar-refractivity contribution in [3.63, 3.8) is 0 Å². The lowest BCUT2D eigenvalue weighted by Crippen LogP contribution is -2.53. The smallest absolute Gasteiger partial charge is 0.319 e. The zero-order chi connectivity index (χ0) is 19.4. The van der Waals surface area contributed by atoms with Crippen LogP contribution in [0.2, 0.25) is 0 Å². The Hall–Kier alpha value is -3.09. The van der Waals surface area contributed by atoms with Crippen LogP contribution in [0.4, 0.5) is 14.9 Å². The van der Waals surface area contributed by atoms with Gasteiger partial charge in [-0.15, -0.1) is 0 Å². The number of aryl methyl sites for hydroxylation is 1. The van der Waals surface area contributed by atoms with Crippen molar-refractivity contribution in [3.05, 3.63) is 59.4 Å². The van der Waals surface area contributed by atoms with Crippen LogP contribution in [0.15, 0.2) is 42.5 Å². The largest absolute Gasteiger partial charge is 0.497 e. The molecule has 0 aromatic heterocycles. The Morgan fingerprint density at radius 1 is 1.26 bits per heavy atom. The van der Waals surface area contributed by atoms with E-state index in [4.69, 9.17) is 4.74 Å². The molecule has 1 fully saturated rings. The first-order valence-electron chi connectivity index (χ1n) is 8.70. The molecule has 3 N–H and O–H groups in total. The van der Waals surface area contributed by atoms with Crippen molar-refractivity contribution in [2.75, 3.05) is 19.0 Å². The van der Waals surface area contributed by atoms with E-state index in [1.165, 1.54) is 13.2 Å². The van der Waals surface area contributed by atoms with Crippen LogP contribution in [-0.4, -0.2) is 31.6 Å². The van der Waals surface area contributed by atoms with Crippen LogP contribution < -0.4 is 20.7 Å². The molecule has 1 saturated heterocycles. The second-order valence-electron chi connectivity index (χ2n) is 6.57. The fourth-order valence-electron chi connectivity index (χ4n) is 3.17. The number of methoxy groups -OCH3 is 1. The van der Waals surface area contributed by atoms with E-state index in [0.717, 1.165) is 5.56 Å². The van der Waals surface area contributed by atoms with Crippen LogP contribution in [0.25, 0.3) is 0 Å². The van der Waals surface area contributed by atoms with Gasteiger partial charge in [-0.25, -0.2) is 9.18 Å². The van der Waals surface area contributed by atoms with E-state index >= 15 is 0 Å². The molecule has 2 aromatic rings.